The Labute approximate surface area is 180 Å². The molecule has 10 nitrogen and oxygen atoms in total. The van der Waals surface area contributed by atoms with Crippen molar-refractivity contribution < 1.29 is 9.53 Å². The van der Waals surface area contributed by atoms with E-state index in [0.717, 1.165) is 49.0 Å². The molecule has 2 heterocycles. The highest BCUT2D eigenvalue weighted by Gasteiger charge is 2.06. The van der Waals surface area contributed by atoms with Crippen molar-refractivity contribution in [3.63, 3.8) is 0 Å². The van der Waals surface area contributed by atoms with Crippen LogP contribution in [0.5, 0.6) is 0 Å². The smallest absolute Gasteiger partial charge is 0.352 e. The topological polar surface area (TPSA) is 131 Å². The zero-order valence-electron chi connectivity index (χ0n) is 17.6. The number of hydrogen-bond acceptors (Lipinski definition) is 8. The highest BCUT2D eigenvalue weighted by molar-refractivity contribution is 5.69. The fraction of sp³-hybridized carbons (Fsp3) is 0.429. The number of esters is 1. The fourth-order valence-corrected chi connectivity index (χ4v) is 3.13. The number of nitrogens with zero attached hydrogens (tertiary/aromatic N) is 6. The summed E-state index contributed by atoms with van der Waals surface area (Å²) in [7, 11) is 0. The van der Waals surface area contributed by atoms with Gasteiger partial charge in [-0.15, -0.1) is 5.10 Å². The van der Waals surface area contributed by atoms with Gasteiger partial charge in [-0.1, -0.05) is 42.3 Å². The van der Waals surface area contributed by atoms with Gasteiger partial charge in [0.05, 0.1) is 19.3 Å². The Bertz CT molecular complexity index is 1040. The molecule has 0 spiro atoms. The molecule has 0 unspecified atom stereocenters. The maximum atomic E-state index is 11.8. The molecule has 3 aromatic rings. The summed E-state index contributed by atoms with van der Waals surface area (Å²) in [6.45, 7) is 3.40. The van der Waals surface area contributed by atoms with Crippen LogP contribution in [-0.4, -0.2) is 42.1 Å². The van der Waals surface area contributed by atoms with Crippen LogP contribution in [0.1, 0.15) is 44.6 Å². The molecule has 31 heavy (non-hydrogen) atoms. The number of nitrogen functional groups attached to an aromatic ring is 1. The molecule has 0 atom stereocenters. The predicted octanol–water partition coefficient (Wildman–Crippen LogP) is 2.04. The Morgan fingerprint density at radius 2 is 1.90 bits per heavy atom. The molecule has 0 aliphatic rings. The van der Waals surface area contributed by atoms with Crippen LogP contribution in [0, 0.1) is 0 Å². The molecule has 3 rings (SSSR count). The maximum absolute atomic E-state index is 11.8. The number of ether oxygens (including phenoxy) is 1. The van der Waals surface area contributed by atoms with Gasteiger partial charge in [0.25, 0.3) is 0 Å². The molecule has 2 N–H and O–H groups in total. The van der Waals surface area contributed by atoms with Gasteiger partial charge < -0.3 is 10.5 Å². The summed E-state index contributed by atoms with van der Waals surface area (Å²) < 4.78 is 8.15. The first-order valence-electron chi connectivity index (χ1n) is 10.4. The molecule has 0 saturated heterocycles. The van der Waals surface area contributed by atoms with E-state index >= 15 is 0 Å². The van der Waals surface area contributed by atoms with Crippen molar-refractivity contribution in [3.05, 3.63) is 52.8 Å². The van der Waals surface area contributed by atoms with Gasteiger partial charge in [-0.2, -0.15) is 4.98 Å². The largest absolute Gasteiger partial charge is 0.466 e. The van der Waals surface area contributed by atoms with E-state index < -0.39 is 5.69 Å². The van der Waals surface area contributed by atoms with E-state index in [1.165, 1.54) is 10.9 Å². The van der Waals surface area contributed by atoms with E-state index in [1.54, 1.807) is 0 Å². The van der Waals surface area contributed by atoms with E-state index in [-0.39, 0.29) is 11.9 Å². The molecular formula is C21H27N7O3. The number of aryl methyl sites for hydroxylation is 1. The maximum Gasteiger partial charge on any atom is 0.352 e. The molecule has 0 aliphatic carbocycles. The Morgan fingerprint density at radius 1 is 1.13 bits per heavy atom. The summed E-state index contributed by atoms with van der Waals surface area (Å²) in [5.74, 6) is -0.153. The summed E-state index contributed by atoms with van der Waals surface area (Å²) in [5.41, 5.74) is 7.66. The number of aromatic nitrogens is 6. The Kier molecular flexibility index (Phi) is 7.85. The minimum absolute atomic E-state index is 0.0311. The van der Waals surface area contributed by atoms with Crippen molar-refractivity contribution in [2.45, 2.75) is 52.1 Å². The Balaban J connectivity index is 1.46. The second-order valence-corrected chi connectivity index (χ2v) is 7.16. The number of carbonyl (C=O) groups excluding carboxylic acids is 1. The second-order valence-electron chi connectivity index (χ2n) is 7.16. The predicted molar refractivity (Wildman–Crippen MR) is 115 cm³/mol. The molecule has 0 fully saturated rings. The lowest BCUT2D eigenvalue weighted by Gasteiger charge is -2.05. The highest BCUT2D eigenvalue weighted by Crippen LogP contribution is 2.17. The zero-order valence-corrected chi connectivity index (χ0v) is 17.6. The van der Waals surface area contributed by atoms with E-state index in [2.05, 4.69) is 20.3 Å². The van der Waals surface area contributed by atoms with Gasteiger partial charge in [-0.05, 0) is 25.3 Å². The van der Waals surface area contributed by atoms with Gasteiger partial charge in [-0.3, -0.25) is 14.0 Å². The summed E-state index contributed by atoms with van der Waals surface area (Å²) in [5, 5.41) is 8.44. The van der Waals surface area contributed by atoms with Crippen LogP contribution in [-0.2, 0) is 22.6 Å². The van der Waals surface area contributed by atoms with Crippen LogP contribution < -0.4 is 11.4 Å². The van der Waals surface area contributed by atoms with Crippen LogP contribution in [0.15, 0.2) is 41.6 Å². The molecule has 0 bridgehead atoms. The first-order valence-corrected chi connectivity index (χ1v) is 10.4. The standard InChI is InChI=1S/C21H27N7O3/c1-2-31-19(29)7-5-3-4-6-12-28-14-18(25-26-28)17-10-8-16(9-11-17)13-27-15-23-20(22)24-21(27)30/h8-11,14-15H,2-7,12-13H2,1H3,(H2,22,24,30). The van der Waals surface area contributed by atoms with Gasteiger partial charge in [0.15, 0.2) is 0 Å². The summed E-state index contributed by atoms with van der Waals surface area (Å²) >= 11 is 0. The van der Waals surface area contributed by atoms with Gasteiger partial charge in [0.2, 0.25) is 5.95 Å². The molecular weight excluding hydrogens is 398 g/mol. The summed E-state index contributed by atoms with van der Waals surface area (Å²) in [6.07, 6.45) is 7.64. The molecule has 0 radical (unpaired) electrons. The Hall–Kier alpha value is -3.56. The van der Waals surface area contributed by atoms with Crippen LogP contribution in [0.25, 0.3) is 11.3 Å². The number of anilines is 1. The quantitative estimate of drug-likeness (QED) is 0.365. The number of carbonyl (C=O) groups is 1. The van der Waals surface area contributed by atoms with Crippen molar-refractivity contribution in [1.82, 2.24) is 29.5 Å². The van der Waals surface area contributed by atoms with Crippen LogP contribution >= 0.6 is 0 Å². The summed E-state index contributed by atoms with van der Waals surface area (Å²) in [6, 6.07) is 7.76. The van der Waals surface area contributed by atoms with Gasteiger partial charge in [-0.25, -0.2) is 9.78 Å². The molecule has 2 aromatic heterocycles. The highest BCUT2D eigenvalue weighted by atomic mass is 16.5. The normalized spacial score (nSPS) is 10.9. The number of unbranched alkanes of at least 4 members (excludes halogenated alkanes) is 3. The van der Waals surface area contributed by atoms with E-state index in [0.29, 0.717) is 19.6 Å². The third-order valence-electron chi connectivity index (χ3n) is 4.75. The lowest BCUT2D eigenvalue weighted by Crippen LogP contribution is -2.24. The molecule has 0 saturated carbocycles. The van der Waals surface area contributed by atoms with Gasteiger partial charge in [0, 0.05) is 18.5 Å². The monoisotopic (exact) mass is 425 g/mol. The second kappa shape index (κ2) is 11.0. The first-order chi connectivity index (χ1) is 15.0. The lowest BCUT2D eigenvalue weighted by atomic mass is 10.1. The molecule has 0 amide bonds. The average Bonchev–Trinajstić information content (AvgIpc) is 3.22. The van der Waals surface area contributed by atoms with Crippen molar-refractivity contribution in [3.8, 4) is 11.3 Å². The SMILES string of the molecule is CCOC(=O)CCCCCCn1cc(-c2ccc(Cn3cnc(N)nc3=O)cc2)nn1. The fourth-order valence-electron chi connectivity index (χ4n) is 3.13. The average molecular weight is 425 g/mol. The van der Waals surface area contributed by atoms with Crippen LogP contribution in [0.3, 0.4) is 0 Å². The number of benzene rings is 1. The van der Waals surface area contributed by atoms with E-state index in [9.17, 15) is 9.59 Å². The molecule has 1 aromatic carbocycles. The third-order valence-corrected chi connectivity index (χ3v) is 4.75. The van der Waals surface area contributed by atoms with Crippen molar-refractivity contribution in [2.75, 3.05) is 12.3 Å². The van der Waals surface area contributed by atoms with Gasteiger partial charge in [0.1, 0.15) is 12.0 Å². The van der Waals surface area contributed by atoms with E-state index in [1.807, 2.05) is 42.1 Å². The minimum atomic E-state index is -0.430. The van der Waals surface area contributed by atoms with Gasteiger partial charge >= 0.3 is 11.7 Å². The molecule has 10 heteroatoms. The Morgan fingerprint density at radius 3 is 2.65 bits per heavy atom. The summed E-state index contributed by atoms with van der Waals surface area (Å²) in [4.78, 5) is 30.6. The van der Waals surface area contributed by atoms with Crippen molar-refractivity contribution >= 4 is 11.9 Å². The lowest BCUT2D eigenvalue weighted by molar-refractivity contribution is -0.143. The first kappa shape index (κ1) is 22.1. The number of rotatable bonds is 11. The molecule has 0 aliphatic heterocycles. The minimum Gasteiger partial charge on any atom is -0.466 e. The number of hydrogen-bond donors (Lipinski definition) is 1. The van der Waals surface area contributed by atoms with E-state index in [4.69, 9.17) is 10.5 Å². The number of nitrogens with two attached hydrogens (primary N) is 1. The third kappa shape index (κ3) is 6.73. The van der Waals surface area contributed by atoms with Crippen molar-refractivity contribution in [2.24, 2.45) is 0 Å². The molecule has 164 valence electrons. The van der Waals surface area contributed by atoms with Crippen LogP contribution in [0.2, 0.25) is 0 Å². The zero-order chi connectivity index (χ0) is 22.1. The van der Waals surface area contributed by atoms with Crippen LogP contribution in [0.4, 0.5) is 5.95 Å². The van der Waals surface area contributed by atoms with Crippen molar-refractivity contribution in [1.29, 1.82) is 0 Å².